The molecule has 0 unspecified atom stereocenters. The summed E-state index contributed by atoms with van der Waals surface area (Å²) in [6.45, 7) is 14.6. The van der Waals surface area contributed by atoms with Gasteiger partial charge in [0.15, 0.2) is 23.9 Å². The summed E-state index contributed by atoms with van der Waals surface area (Å²) in [7, 11) is 0. The van der Waals surface area contributed by atoms with Crippen LogP contribution in [0.5, 0.6) is 17.2 Å². The number of nitrogens with zero attached hydrogens (tertiary/aromatic N) is 3. The third-order valence-corrected chi connectivity index (χ3v) is 8.14. The molecule has 0 aliphatic heterocycles. The maximum absolute atomic E-state index is 14.0. The van der Waals surface area contributed by atoms with E-state index in [0.717, 1.165) is 28.0 Å². The van der Waals surface area contributed by atoms with E-state index in [4.69, 9.17) is 35.9 Å². The Morgan fingerprint density at radius 1 is 1.00 bits per heavy atom. The summed E-state index contributed by atoms with van der Waals surface area (Å²) >= 11 is 5.96. The lowest BCUT2D eigenvalue weighted by Gasteiger charge is -2.18. The number of fused-ring (bicyclic) bond motifs is 1. The first-order valence-electron chi connectivity index (χ1n) is 16.6. The molecule has 0 aliphatic carbocycles. The van der Waals surface area contributed by atoms with Gasteiger partial charge in [0, 0.05) is 21.8 Å². The maximum Gasteiger partial charge on any atom is 0.282 e. The number of allylic oxidation sites excluding steroid dienone is 1. The fourth-order valence-corrected chi connectivity index (χ4v) is 5.69. The van der Waals surface area contributed by atoms with Gasteiger partial charge in [0.05, 0.1) is 30.3 Å². The number of aromatic nitrogens is 2. The number of ether oxygens (including phenoxy) is 3. The van der Waals surface area contributed by atoms with Crippen molar-refractivity contribution in [3.8, 4) is 28.6 Å². The summed E-state index contributed by atoms with van der Waals surface area (Å²) in [6, 6.07) is 21.7. The Balaban J connectivity index is 1.56. The molecule has 0 saturated carbocycles. The van der Waals surface area contributed by atoms with E-state index in [-0.39, 0.29) is 24.0 Å². The van der Waals surface area contributed by atoms with Crippen LogP contribution in [-0.2, 0) is 11.2 Å². The average molecular weight is 693 g/mol. The number of amides is 1. The fourth-order valence-electron chi connectivity index (χ4n) is 5.56. The normalized spacial score (nSPS) is 11.3. The highest BCUT2D eigenvalue weighted by Gasteiger charge is 2.19. The second kappa shape index (κ2) is 16.3. The Morgan fingerprint density at radius 2 is 1.72 bits per heavy atom. The largest absolute Gasteiger partial charge is 0.494 e. The summed E-state index contributed by atoms with van der Waals surface area (Å²) in [5.74, 6) is 1.91. The number of carbonyl (C=O) groups is 1. The first-order valence-corrected chi connectivity index (χ1v) is 16.9. The third kappa shape index (κ3) is 8.23. The molecule has 1 aromatic heterocycles. The number of benzene rings is 4. The van der Waals surface area contributed by atoms with Crippen molar-refractivity contribution < 1.29 is 19.0 Å². The number of halogens is 1. The highest BCUT2D eigenvalue weighted by Crippen LogP contribution is 2.35. The monoisotopic (exact) mass is 692 g/mol. The Hall–Kier alpha value is -5.41. The van der Waals surface area contributed by atoms with E-state index in [1.54, 1.807) is 48.7 Å². The number of aryl methyl sites for hydroxylation is 1. The lowest BCUT2D eigenvalue weighted by atomic mass is 9.96. The van der Waals surface area contributed by atoms with E-state index in [2.05, 4.69) is 25.7 Å². The molecule has 1 heterocycles. The summed E-state index contributed by atoms with van der Waals surface area (Å²) in [4.78, 5) is 31.7. The molecule has 50 heavy (non-hydrogen) atoms. The molecule has 10 heteroatoms. The van der Waals surface area contributed by atoms with Gasteiger partial charge in [-0.2, -0.15) is 9.78 Å². The van der Waals surface area contributed by atoms with Crippen LogP contribution in [0.2, 0.25) is 5.02 Å². The van der Waals surface area contributed by atoms with Crippen LogP contribution < -0.4 is 25.1 Å². The minimum absolute atomic E-state index is 0.171. The topological polar surface area (TPSA) is 104 Å². The summed E-state index contributed by atoms with van der Waals surface area (Å²) < 4.78 is 19.3. The second-order valence-electron chi connectivity index (χ2n) is 11.9. The van der Waals surface area contributed by atoms with Crippen molar-refractivity contribution in [1.29, 1.82) is 0 Å². The molecule has 5 rings (SSSR count). The number of rotatable bonds is 14. The predicted octanol–water partition coefficient (Wildman–Crippen LogP) is 8.57. The van der Waals surface area contributed by atoms with Crippen molar-refractivity contribution in [3.05, 3.63) is 123 Å². The van der Waals surface area contributed by atoms with Gasteiger partial charge in [-0.1, -0.05) is 43.7 Å². The number of anilines is 1. The van der Waals surface area contributed by atoms with Crippen molar-refractivity contribution in [2.24, 2.45) is 5.10 Å². The van der Waals surface area contributed by atoms with E-state index in [9.17, 15) is 9.59 Å². The molecule has 5 aromatic rings. The fraction of sp³-hybridized carbons (Fsp3) is 0.250. The van der Waals surface area contributed by atoms with E-state index < -0.39 is 0 Å². The highest BCUT2D eigenvalue weighted by atomic mass is 35.5. The first-order chi connectivity index (χ1) is 24.1. The van der Waals surface area contributed by atoms with Crippen LogP contribution in [-0.4, -0.2) is 41.6 Å². The molecule has 0 bridgehead atoms. The molecule has 1 amide bonds. The molecule has 258 valence electrons. The molecule has 9 nitrogen and oxygen atoms in total. The van der Waals surface area contributed by atoms with Gasteiger partial charge in [0.25, 0.3) is 11.5 Å². The second-order valence-corrected chi connectivity index (χ2v) is 12.3. The smallest absolute Gasteiger partial charge is 0.282 e. The molecule has 0 radical (unpaired) electrons. The Labute approximate surface area is 297 Å². The van der Waals surface area contributed by atoms with Crippen molar-refractivity contribution in [2.75, 3.05) is 25.1 Å². The van der Waals surface area contributed by atoms with Crippen LogP contribution in [0.25, 0.3) is 22.3 Å². The van der Waals surface area contributed by atoms with Crippen LogP contribution >= 0.6 is 11.6 Å². The SMILES string of the molecule is C=CCc1cc(C=Nn2c(-c3cc(C(C)C)c(OCC)cc3C)nc3ccccc3c2=O)cc(OCC)c1OCC(=O)Nc1ccc(Cl)cc1. The van der Waals surface area contributed by atoms with E-state index in [1.807, 2.05) is 57.2 Å². The Morgan fingerprint density at radius 3 is 2.42 bits per heavy atom. The van der Waals surface area contributed by atoms with Gasteiger partial charge in [-0.25, -0.2) is 4.98 Å². The Kier molecular flexibility index (Phi) is 11.7. The zero-order chi connectivity index (χ0) is 35.8. The van der Waals surface area contributed by atoms with E-state index in [0.29, 0.717) is 64.1 Å². The molecular weight excluding hydrogens is 652 g/mol. The van der Waals surface area contributed by atoms with Gasteiger partial charge in [0.1, 0.15) is 5.75 Å². The molecule has 4 aromatic carbocycles. The molecule has 0 saturated heterocycles. The minimum Gasteiger partial charge on any atom is -0.494 e. The number of para-hydroxylation sites is 1. The standard InChI is InChI=1S/C40H41ClN4O5/c1-7-12-28-20-27(21-36(49-9-3)38(28)50-24-37(46)43-30-17-15-29(41)16-18-30)23-42-45-39(44-34-14-11-10-13-31(34)40(45)47)33-22-32(25(4)5)35(48-8-2)19-26(33)6/h7,10-11,13-23,25H,1,8-9,12,24H2,2-6H3,(H,43,46). The minimum atomic E-state index is -0.342. The summed E-state index contributed by atoms with van der Waals surface area (Å²) in [5, 5.41) is 8.55. The lowest BCUT2D eigenvalue weighted by Crippen LogP contribution is -2.21. The number of hydrogen-bond donors (Lipinski definition) is 1. The summed E-state index contributed by atoms with van der Waals surface area (Å²) in [5.41, 5.74) is 4.96. The molecular formula is C40H41ClN4O5. The highest BCUT2D eigenvalue weighted by molar-refractivity contribution is 6.30. The Bertz CT molecular complexity index is 2100. The zero-order valence-corrected chi connectivity index (χ0v) is 29.7. The quantitative estimate of drug-likeness (QED) is 0.0924. The van der Waals surface area contributed by atoms with Crippen molar-refractivity contribution >= 4 is 40.3 Å². The molecule has 1 N–H and O–H groups in total. The van der Waals surface area contributed by atoms with E-state index >= 15 is 0 Å². The summed E-state index contributed by atoms with van der Waals surface area (Å²) in [6.07, 6.45) is 3.77. The van der Waals surface area contributed by atoms with Crippen molar-refractivity contribution in [3.63, 3.8) is 0 Å². The molecule has 0 aliphatic rings. The van der Waals surface area contributed by atoms with Gasteiger partial charge >= 0.3 is 0 Å². The first kappa shape index (κ1) is 35.9. The van der Waals surface area contributed by atoms with Gasteiger partial charge in [-0.05, 0) is 110 Å². The number of carbonyl (C=O) groups excluding carboxylic acids is 1. The zero-order valence-electron chi connectivity index (χ0n) is 29.0. The van der Waals surface area contributed by atoms with E-state index in [1.165, 1.54) is 4.68 Å². The van der Waals surface area contributed by atoms with Crippen LogP contribution in [0.4, 0.5) is 5.69 Å². The van der Waals surface area contributed by atoms with Crippen LogP contribution in [0.1, 0.15) is 55.9 Å². The van der Waals surface area contributed by atoms with Crippen molar-refractivity contribution in [2.45, 2.75) is 47.0 Å². The van der Waals surface area contributed by atoms with Gasteiger partial charge in [0.2, 0.25) is 0 Å². The van der Waals surface area contributed by atoms with Crippen LogP contribution in [0.15, 0.2) is 95.3 Å². The average Bonchev–Trinajstić information content (AvgIpc) is 3.09. The lowest BCUT2D eigenvalue weighted by molar-refractivity contribution is -0.118. The van der Waals surface area contributed by atoms with Gasteiger partial charge in [-0.3, -0.25) is 9.59 Å². The number of nitrogens with one attached hydrogen (secondary N) is 1. The predicted molar refractivity (Wildman–Crippen MR) is 202 cm³/mol. The van der Waals surface area contributed by atoms with Crippen molar-refractivity contribution in [1.82, 2.24) is 9.66 Å². The van der Waals surface area contributed by atoms with Gasteiger partial charge in [-0.15, -0.1) is 6.58 Å². The molecule has 0 spiro atoms. The number of hydrogen-bond acceptors (Lipinski definition) is 7. The van der Waals surface area contributed by atoms with Crippen LogP contribution in [0, 0.1) is 6.92 Å². The maximum atomic E-state index is 14.0. The molecule has 0 fully saturated rings. The third-order valence-electron chi connectivity index (χ3n) is 7.89. The van der Waals surface area contributed by atoms with Crippen LogP contribution in [0.3, 0.4) is 0 Å². The molecule has 0 atom stereocenters. The van der Waals surface area contributed by atoms with Gasteiger partial charge < -0.3 is 19.5 Å².